The van der Waals surface area contributed by atoms with Crippen LogP contribution in [0.5, 0.6) is 5.75 Å². The minimum absolute atomic E-state index is 0.284. The highest BCUT2D eigenvalue weighted by atomic mass is 19.4. The number of alkyl halides is 3. The number of nitrogens with one attached hydrogen (secondary N) is 1. The topological polar surface area (TPSA) is 67.9 Å². The summed E-state index contributed by atoms with van der Waals surface area (Å²) in [4.78, 5) is 25.4. The van der Waals surface area contributed by atoms with E-state index in [1.165, 1.54) is 0 Å². The number of carbonyl (C=O) groups is 2. The van der Waals surface area contributed by atoms with Crippen LogP contribution in [0.4, 0.5) is 28.0 Å². The van der Waals surface area contributed by atoms with Crippen molar-refractivity contribution in [3.05, 3.63) is 24.0 Å². The van der Waals surface area contributed by atoms with Gasteiger partial charge < -0.3 is 14.8 Å². The van der Waals surface area contributed by atoms with E-state index in [1.807, 2.05) is 0 Å². The van der Waals surface area contributed by atoms with Gasteiger partial charge in [-0.25, -0.2) is 9.18 Å². The lowest BCUT2D eigenvalue weighted by atomic mass is 10.0. The van der Waals surface area contributed by atoms with E-state index >= 15 is 0 Å². The van der Waals surface area contributed by atoms with Crippen molar-refractivity contribution < 1.29 is 36.6 Å². The molecule has 1 aromatic rings. The summed E-state index contributed by atoms with van der Waals surface area (Å²) in [5, 5.41) is 2.18. The predicted octanol–water partition coefficient (Wildman–Crippen LogP) is 3.67. The zero-order chi connectivity index (χ0) is 19.7. The minimum atomic E-state index is -5.06. The third-order valence-electron chi connectivity index (χ3n) is 3.40. The van der Waals surface area contributed by atoms with Crippen LogP contribution in [-0.4, -0.2) is 41.5 Å². The fourth-order valence-electron chi connectivity index (χ4n) is 2.23. The van der Waals surface area contributed by atoms with Gasteiger partial charge in [0, 0.05) is 6.54 Å². The summed E-state index contributed by atoms with van der Waals surface area (Å²) in [7, 11) is 0. The number of nitrogens with zero attached hydrogens (tertiary/aromatic N) is 1. The van der Waals surface area contributed by atoms with Crippen LogP contribution < -0.4 is 10.1 Å². The fourth-order valence-corrected chi connectivity index (χ4v) is 2.23. The van der Waals surface area contributed by atoms with Crippen LogP contribution in [0.3, 0.4) is 0 Å². The SMILES string of the molecule is CC(C)(C)OC(=O)N1CC[C@H]1C(=O)Nc1cccc(OC(F)(F)F)c1F. The van der Waals surface area contributed by atoms with E-state index in [9.17, 15) is 27.2 Å². The van der Waals surface area contributed by atoms with E-state index in [2.05, 4.69) is 10.1 Å². The third kappa shape index (κ3) is 4.99. The van der Waals surface area contributed by atoms with E-state index in [1.54, 1.807) is 20.8 Å². The van der Waals surface area contributed by atoms with E-state index in [-0.39, 0.29) is 6.54 Å². The molecule has 0 radical (unpaired) electrons. The predicted molar refractivity (Wildman–Crippen MR) is 83.1 cm³/mol. The molecule has 10 heteroatoms. The van der Waals surface area contributed by atoms with E-state index < -0.39 is 47.3 Å². The second-order valence-electron chi connectivity index (χ2n) is 6.63. The third-order valence-corrected chi connectivity index (χ3v) is 3.40. The zero-order valence-corrected chi connectivity index (χ0v) is 14.3. The van der Waals surface area contributed by atoms with Crippen LogP contribution in [0.15, 0.2) is 18.2 Å². The van der Waals surface area contributed by atoms with E-state index in [0.29, 0.717) is 6.42 Å². The number of benzene rings is 1. The molecule has 2 amide bonds. The smallest absolute Gasteiger partial charge is 0.444 e. The molecular weight excluding hydrogens is 360 g/mol. The van der Waals surface area contributed by atoms with Gasteiger partial charge in [0.15, 0.2) is 11.6 Å². The van der Waals surface area contributed by atoms with Gasteiger partial charge in [-0.3, -0.25) is 9.69 Å². The highest BCUT2D eigenvalue weighted by molar-refractivity contribution is 5.97. The quantitative estimate of drug-likeness (QED) is 0.815. The van der Waals surface area contributed by atoms with Crippen LogP contribution in [0.1, 0.15) is 27.2 Å². The molecule has 1 saturated heterocycles. The van der Waals surface area contributed by atoms with Crippen LogP contribution in [0, 0.1) is 5.82 Å². The number of rotatable bonds is 3. The fraction of sp³-hybridized carbons (Fsp3) is 0.500. The summed E-state index contributed by atoms with van der Waals surface area (Å²) in [6.07, 6.45) is -5.44. The number of likely N-dealkylation sites (tertiary alicyclic amines) is 1. The first kappa shape index (κ1) is 19.8. The monoisotopic (exact) mass is 378 g/mol. The molecule has 1 fully saturated rings. The average Bonchev–Trinajstić information content (AvgIpc) is 2.38. The molecule has 2 rings (SSSR count). The van der Waals surface area contributed by atoms with E-state index in [4.69, 9.17) is 4.74 Å². The van der Waals surface area contributed by atoms with Gasteiger partial charge in [-0.15, -0.1) is 13.2 Å². The first-order chi connectivity index (χ1) is 11.9. The van der Waals surface area contributed by atoms with Gasteiger partial charge in [-0.05, 0) is 39.3 Å². The summed E-state index contributed by atoms with van der Waals surface area (Å²) in [5.74, 6) is -3.15. The zero-order valence-electron chi connectivity index (χ0n) is 14.3. The number of carbonyl (C=O) groups excluding carboxylic acids is 2. The standard InChI is InChI=1S/C16H18F4N2O4/c1-15(2,3)26-14(24)22-8-7-10(22)13(23)21-9-5-4-6-11(12(9)17)25-16(18,19)20/h4-6,10H,7-8H2,1-3H3,(H,21,23)/t10-/m0/s1. The molecule has 1 N–H and O–H groups in total. The highest BCUT2D eigenvalue weighted by Gasteiger charge is 2.40. The summed E-state index contributed by atoms with van der Waals surface area (Å²) >= 11 is 0. The molecule has 1 aliphatic rings. The molecule has 1 aromatic carbocycles. The number of hydrogen-bond donors (Lipinski definition) is 1. The highest BCUT2D eigenvalue weighted by Crippen LogP contribution is 2.30. The number of halogens is 4. The largest absolute Gasteiger partial charge is 0.573 e. The normalized spacial score (nSPS) is 17.3. The van der Waals surface area contributed by atoms with Crippen molar-refractivity contribution in [2.24, 2.45) is 0 Å². The summed E-state index contributed by atoms with van der Waals surface area (Å²) in [6, 6.07) is 2.09. The Morgan fingerprint density at radius 1 is 1.23 bits per heavy atom. The number of anilines is 1. The summed E-state index contributed by atoms with van der Waals surface area (Å²) in [5.41, 5.74) is -1.23. The molecule has 0 aromatic heterocycles. The van der Waals surface area contributed by atoms with Gasteiger partial charge in [0.2, 0.25) is 5.91 Å². The van der Waals surface area contributed by atoms with Gasteiger partial charge in [0.25, 0.3) is 0 Å². The van der Waals surface area contributed by atoms with Crippen molar-refractivity contribution in [3.63, 3.8) is 0 Å². The Balaban J connectivity index is 2.06. The Labute approximate surface area is 147 Å². The second kappa shape index (κ2) is 7.00. The summed E-state index contributed by atoms with van der Waals surface area (Å²) < 4.78 is 59.5. The van der Waals surface area contributed by atoms with Crippen molar-refractivity contribution >= 4 is 17.7 Å². The molecule has 0 unspecified atom stereocenters. The van der Waals surface area contributed by atoms with Crippen LogP contribution in [0.2, 0.25) is 0 Å². The van der Waals surface area contributed by atoms with E-state index in [0.717, 1.165) is 23.1 Å². The maximum atomic E-state index is 14.1. The Kier molecular flexibility index (Phi) is 5.33. The molecule has 1 heterocycles. The Morgan fingerprint density at radius 2 is 1.88 bits per heavy atom. The molecular formula is C16H18F4N2O4. The lowest BCUT2D eigenvalue weighted by Crippen LogP contribution is -2.57. The Bertz CT molecular complexity index is 700. The van der Waals surface area contributed by atoms with Crippen molar-refractivity contribution in [2.45, 2.75) is 45.2 Å². The molecule has 144 valence electrons. The first-order valence-corrected chi connectivity index (χ1v) is 7.72. The molecule has 26 heavy (non-hydrogen) atoms. The van der Waals surface area contributed by atoms with Gasteiger partial charge in [-0.1, -0.05) is 6.07 Å². The number of ether oxygens (including phenoxy) is 2. The number of hydrogen-bond acceptors (Lipinski definition) is 4. The van der Waals surface area contributed by atoms with Crippen molar-refractivity contribution in [1.29, 1.82) is 0 Å². The van der Waals surface area contributed by atoms with Crippen LogP contribution in [0.25, 0.3) is 0 Å². The van der Waals surface area contributed by atoms with Gasteiger partial charge in [0.1, 0.15) is 11.6 Å². The van der Waals surface area contributed by atoms with Gasteiger partial charge in [-0.2, -0.15) is 0 Å². The maximum absolute atomic E-state index is 14.1. The first-order valence-electron chi connectivity index (χ1n) is 7.72. The molecule has 1 atom stereocenters. The lowest BCUT2D eigenvalue weighted by molar-refractivity contribution is -0.275. The van der Waals surface area contributed by atoms with Crippen molar-refractivity contribution in [3.8, 4) is 5.75 Å². The summed E-state index contributed by atoms with van der Waals surface area (Å²) in [6.45, 7) is 5.29. The van der Waals surface area contributed by atoms with Crippen LogP contribution in [-0.2, 0) is 9.53 Å². The van der Waals surface area contributed by atoms with Gasteiger partial charge >= 0.3 is 12.5 Å². The molecule has 0 saturated carbocycles. The Hall–Kier alpha value is -2.52. The number of amides is 2. The molecule has 1 aliphatic heterocycles. The van der Waals surface area contributed by atoms with Gasteiger partial charge in [0.05, 0.1) is 5.69 Å². The molecule has 6 nitrogen and oxygen atoms in total. The molecule has 0 aliphatic carbocycles. The minimum Gasteiger partial charge on any atom is -0.444 e. The molecule has 0 spiro atoms. The van der Waals surface area contributed by atoms with Crippen molar-refractivity contribution in [1.82, 2.24) is 4.90 Å². The van der Waals surface area contributed by atoms with Crippen molar-refractivity contribution in [2.75, 3.05) is 11.9 Å². The Morgan fingerprint density at radius 3 is 2.38 bits per heavy atom. The maximum Gasteiger partial charge on any atom is 0.573 e. The molecule has 0 bridgehead atoms. The lowest BCUT2D eigenvalue weighted by Gasteiger charge is -2.40. The second-order valence-corrected chi connectivity index (χ2v) is 6.63. The average molecular weight is 378 g/mol. The van der Waals surface area contributed by atoms with Crippen LogP contribution >= 0.6 is 0 Å².